The highest BCUT2D eigenvalue weighted by Crippen LogP contribution is 2.18. The number of nitrogens with one attached hydrogen (secondary N) is 2. The van der Waals surface area contributed by atoms with Crippen molar-refractivity contribution >= 4 is 17.5 Å². The molecule has 2 heterocycles. The molecule has 1 aromatic carbocycles. The van der Waals surface area contributed by atoms with Crippen LogP contribution in [0.25, 0.3) is 0 Å². The van der Waals surface area contributed by atoms with Crippen molar-refractivity contribution in [1.82, 2.24) is 10.2 Å². The Morgan fingerprint density at radius 2 is 2.10 bits per heavy atom. The monoisotopic (exact) mass is 413 g/mol. The average Bonchev–Trinajstić information content (AvgIpc) is 3.29. The molecule has 162 valence electrons. The van der Waals surface area contributed by atoms with E-state index in [0.29, 0.717) is 24.0 Å². The first-order valence-electron chi connectivity index (χ1n) is 10.7. The van der Waals surface area contributed by atoms with Crippen LogP contribution in [0, 0.1) is 0 Å². The van der Waals surface area contributed by atoms with Crippen molar-refractivity contribution in [3.8, 4) is 5.75 Å². The van der Waals surface area contributed by atoms with Crippen molar-refractivity contribution in [2.45, 2.75) is 45.1 Å². The molecular formula is C23H31N3O4. The Bertz CT molecular complexity index is 807. The fraction of sp³-hybridized carbons (Fsp3) is 0.478. The fourth-order valence-corrected chi connectivity index (χ4v) is 3.62. The van der Waals surface area contributed by atoms with Crippen LogP contribution in [-0.2, 0) is 4.79 Å². The molecule has 2 aromatic rings. The molecule has 1 unspecified atom stereocenters. The lowest BCUT2D eigenvalue weighted by molar-refractivity contribution is -0.123. The number of carbonyl (C=O) groups is 2. The van der Waals surface area contributed by atoms with E-state index in [2.05, 4.69) is 22.5 Å². The average molecular weight is 414 g/mol. The molecule has 7 nitrogen and oxygen atoms in total. The van der Waals surface area contributed by atoms with Gasteiger partial charge in [0.2, 0.25) is 0 Å². The number of benzene rings is 1. The molecule has 1 aliphatic heterocycles. The zero-order valence-electron chi connectivity index (χ0n) is 17.6. The van der Waals surface area contributed by atoms with Gasteiger partial charge in [-0.3, -0.25) is 9.59 Å². The molecular weight excluding hydrogens is 382 g/mol. The van der Waals surface area contributed by atoms with Gasteiger partial charge in [0.05, 0.1) is 6.26 Å². The highest BCUT2D eigenvalue weighted by molar-refractivity contribution is 6.02. The first kappa shape index (κ1) is 21.9. The largest absolute Gasteiger partial charge is 0.484 e. The van der Waals surface area contributed by atoms with Gasteiger partial charge in [-0.15, -0.1) is 0 Å². The van der Waals surface area contributed by atoms with Crippen molar-refractivity contribution in [2.24, 2.45) is 0 Å². The van der Waals surface area contributed by atoms with Crippen molar-refractivity contribution in [1.29, 1.82) is 0 Å². The van der Waals surface area contributed by atoms with Gasteiger partial charge in [-0.25, -0.2) is 0 Å². The molecule has 1 aliphatic rings. The van der Waals surface area contributed by atoms with Crippen LogP contribution in [0.1, 0.15) is 49.6 Å². The lowest BCUT2D eigenvalue weighted by Gasteiger charge is -2.33. The fourth-order valence-electron chi connectivity index (χ4n) is 3.62. The van der Waals surface area contributed by atoms with Gasteiger partial charge < -0.3 is 24.7 Å². The number of furan rings is 1. The van der Waals surface area contributed by atoms with Gasteiger partial charge in [0.25, 0.3) is 11.8 Å². The number of ether oxygens (including phenoxy) is 1. The van der Waals surface area contributed by atoms with E-state index in [-0.39, 0.29) is 24.2 Å². The molecule has 3 rings (SSSR count). The summed E-state index contributed by atoms with van der Waals surface area (Å²) in [5.41, 5.74) is 0.571. The van der Waals surface area contributed by atoms with Gasteiger partial charge in [-0.2, -0.15) is 0 Å². The molecule has 1 atom stereocenters. The minimum atomic E-state index is -0.339. The molecule has 2 N–H and O–H groups in total. The van der Waals surface area contributed by atoms with E-state index in [1.54, 1.807) is 36.4 Å². The van der Waals surface area contributed by atoms with E-state index in [1.807, 2.05) is 0 Å². The minimum absolute atomic E-state index is 0.0568. The quantitative estimate of drug-likeness (QED) is 0.581. The summed E-state index contributed by atoms with van der Waals surface area (Å²) >= 11 is 0. The van der Waals surface area contributed by atoms with Crippen LogP contribution in [-0.4, -0.2) is 49.0 Å². The number of hydrogen-bond donors (Lipinski definition) is 2. The molecule has 30 heavy (non-hydrogen) atoms. The van der Waals surface area contributed by atoms with Crippen molar-refractivity contribution in [2.75, 3.05) is 31.6 Å². The van der Waals surface area contributed by atoms with E-state index >= 15 is 0 Å². The molecule has 1 aromatic heterocycles. The summed E-state index contributed by atoms with van der Waals surface area (Å²) in [6, 6.07) is 10.8. The van der Waals surface area contributed by atoms with Gasteiger partial charge in [-0.1, -0.05) is 12.5 Å². The third kappa shape index (κ3) is 6.91. The summed E-state index contributed by atoms with van der Waals surface area (Å²) in [4.78, 5) is 26.6. The smallest absolute Gasteiger partial charge is 0.291 e. The van der Waals surface area contributed by atoms with Gasteiger partial charge in [0.1, 0.15) is 5.75 Å². The molecule has 0 saturated carbocycles. The summed E-state index contributed by atoms with van der Waals surface area (Å²) in [6.07, 6.45) is 7.42. The Morgan fingerprint density at radius 3 is 2.90 bits per heavy atom. The first-order valence-corrected chi connectivity index (χ1v) is 10.7. The summed E-state index contributed by atoms with van der Waals surface area (Å²) in [6.45, 7) is 5.20. The van der Waals surface area contributed by atoms with Crippen LogP contribution in [0.2, 0.25) is 0 Å². The number of carbonyl (C=O) groups excluding carboxylic acids is 2. The number of likely N-dealkylation sites (tertiary alicyclic amines) is 1. The predicted molar refractivity (Wildman–Crippen MR) is 116 cm³/mol. The van der Waals surface area contributed by atoms with Crippen LogP contribution in [0.3, 0.4) is 0 Å². The van der Waals surface area contributed by atoms with E-state index in [4.69, 9.17) is 9.15 Å². The van der Waals surface area contributed by atoms with Gasteiger partial charge >= 0.3 is 0 Å². The van der Waals surface area contributed by atoms with Crippen molar-refractivity contribution in [3.63, 3.8) is 0 Å². The van der Waals surface area contributed by atoms with E-state index < -0.39 is 0 Å². The highest BCUT2D eigenvalue weighted by Gasteiger charge is 2.17. The molecule has 1 fully saturated rings. The maximum absolute atomic E-state index is 12.0. The zero-order chi connectivity index (χ0) is 21.2. The summed E-state index contributed by atoms with van der Waals surface area (Å²) in [5, 5.41) is 5.64. The second-order valence-corrected chi connectivity index (χ2v) is 7.69. The van der Waals surface area contributed by atoms with Crippen LogP contribution < -0.4 is 15.4 Å². The van der Waals surface area contributed by atoms with Gasteiger partial charge in [-0.05, 0) is 70.0 Å². The normalized spacial score (nSPS) is 16.8. The first-order chi connectivity index (χ1) is 14.6. The zero-order valence-corrected chi connectivity index (χ0v) is 17.6. The number of unbranched alkanes of at least 4 members (excludes halogenated alkanes) is 1. The van der Waals surface area contributed by atoms with E-state index in [9.17, 15) is 9.59 Å². The number of nitrogens with zero attached hydrogens (tertiary/aromatic N) is 1. The van der Waals surface area contributed by atoms with Crippen molar-refractivity contribution in [3.05, 3.63) is 48.4 Å². The summed E-state index contributed by atoms with van der Waals surface area (Å²) in [5.74, 6) is 0.261. The topological polar surface area (TPSA) is 83.8 Å². The minimum Gasteiger partial charge on any atom is -0.484 e. The Labute approximate surface area is 177 Å². The van der Waals surface area contributed by atoms with Gasteiger partial charge in [0.15, 0.2) is 12.4 Å². The Morgan fingerprint density at radius 1 is 1.20 bits per heavy atom. The van der Waals surface area contributed by atoms with Gasteiger partial charge in [0, 0.05) is 24.3 Å². The molecule has 2 amide bonds. The number of amides is 2. The third-order valence-corrected chi connectivity index (χ3v) is 5.34. The number of anilines is 1. The Balaban J connectivity index is 1.32. The molecule has 0 aliphatic carbocycles. The lowest BCUT2D eigenvalue weighted by atomic mass is 10.0. The van der Waals surface area contributed by atoms with Crippen LogP contribution >= 0.6 is 0 Å². The van der Waals surface area contributed by atoms with Crippen LogP contribution in [0.15, 0.2) is 47.1 Å². The molecule has 7 heteroatoms. The SMILES string of the molecule is CC1CCCCN1CCCCNC(=O)COc1cccc(NC(=O)c2ccco2)c1. The number of piperidine rings is 1. The summed E-state index contributed by atoms with van der Waals surface area (Å²) in [7, 11) is 0. The molecule has 0 bridgehead atoms. The standard InChI is InChI=1S/C23H31N3O4/c1-18-8-2-4-13-26(18)14-5-3-12-24-22(27)17-30-20-10-6-9-19(16-20)25-23(28)21-11-7-15-29-21/h6-7,9-11,15-16,18H,2-5,8,12-14,17H2,1H3,(H,24,27)(H,25,28). The van der Waals surface area contributed by atoms with Crippen molar-refractivity contribution < 1.29 is 18.7 Å². The van der Waals surface area contributed by atoms with E-state index in [0.717, 1.165) is 19.4 Å². The Kier molecular flexibility index (Phi) is 8.32. The van der Waals surface area contributed by atoms with E-state index in [1.165, 1.54) is 32.1 Å². The van der Waals surface area contributed by atoms with Crippen LogP contribution in [0.5, 0.6) is 5.75 Å². The Hall–Kier alpha value is -2.80. The second kappa shape index (κ2) is 11.4. The molecule has 0 radical (unpaired) electrons. The molecule has 0 spiro atoms. The highest BCUT2D eigenvalue weighted by atomic mass is 16.5. The number of hydrogen-bond acceptors (Lipinski definition) is 5. The number of rotatable bonds is 10. The lowest BCUT2D eigenvalue weighted by Crippen LogP contribution is -2.38. The summed E-state index contributed by atoms with van der Waals surface area (Å²) < 4.78 is 10.6. The molecule has 1 saturated heterocycles. The van der Waals surface area contributed by atoms with Crippen LogP contribution in [0.4, 0.5) is 5.69 Å². The maximum atomic E-state index is 12.0. The third-order valence-electron chi connectivity index (χ3n) is 5.34. The maximum Gasteiger partial charge on any atom is 0.291 e. The second-order valence-electron chi connectivity index (χ2n) is 7.69. The predicted octanol–water partition coefficient (Wildman–Crippen LogP) is 3.68.